The van der Waals surface area contributed by atoms with Crippen LogP contribution >= 0.6 is 0 Å². The lowest BCUT2D eigenvalue weighted by Crippen LogP contribution is -2.74. The first-order chi connectivity index (χ1) is 18.4. The highest BCUT2D eigenvalue weighted by Crippen LogP contribution is 2.51. The predicted molar refractivity (Wildman–Crippen MR) is 141 cm³/mol. The van der Waals surface area contributed by atoms with Crippen LogP contribution in [0.3, 0.4) is 0 Å². The van der Waals surface area contributed by atoms with E-state index in [4.69, 9.17) is 5.73 Å². The standard InChI is InChI=1S/C30H38N2O7/c1-14-11-16(10-9-15-7-5-4-6-8-15)24(33)21-18(14)12-17-13-19-23(32(2)3)26(35)22(29(31)38)28(37)30(19,39)27(36)20(17)25(21)34/h11,15,17,19-20,22-23,33,39H,4-10,12-13H2,1-3H3,(H2,31,38). The van der Waals surface area contributed by atoms with Crippen molar-refractivity contribution in [3.8, 4) is 5.75 Å². The van der Waals surface area contributed by atoms with E-state index in [0.717, 1.165) is 12.0 Å². The highest BCUT2D eigenvalue weighted by Gasteiger charge is 2.69. The van der Waals surface area contributed by atoms with Gasteiger partial charge in [0.2, 0.25) is 5.91 Å². The number of carbonyl (C=O) groups excluding carboxylic acids is 5. The number of likely N-dealkylation sites (N-methyl/N-ethyl adjacent to an activating group) is 1. The summed E-state index contributed by atoms with van der Waals surface area (Å²) in [5, 5.41) is 23.0. The van der Waals surface area contributed by atoms with Crippen LogP contribution in [0.4, 0.5) is 0 Å². The van der Waals surface area contributed by atoms with Crippen LogP contribution in [0, 0.1) is 36.5 Å². The van der Waals surface area contributed by atoms with Gasteiger partial charge >= 0.3 is 0 Å². The second kappa shape index (κ2) is 9.93. The Labute approximate surface area is 228 Å². The molecule has 3 saturated carbocycles. The van der Waals surface area contributed by atoms with Crippen molar-refractivity contribution < 1.29 is 34.2 Å². The van der Waals surface area contributed by atoms with Crippen LogP contribution in [0.15, 0.2) is 6.07 Å². The maximum absolute atomic E-state index is 13.9. The molecule has 5 rings (SSSR count). The van der Waals surface area contributed by atoms with Gasteiger partial charge in [0, 0.05) is 5.92 Å². The fourth-order valence-electron chi connectivity index (χ4n) is 7.95. The van der Waals surface area contributed by atoms with Crippen LogP contribution in [-0.4, -0.2) is 69.9 Å². The van der Waals surface area contributed by atoms with E-state index in [1.165, 1.54) is 37.0 Å². The van der Waals surface area contributed by atoms with Gasteiger partial charge in [-0.05, 0) is 75.2 Å². The van der Waals surface area contributed by atoms with Crippen molar-refractivity contribution in [2.75, 3.05) is 14.1 Å². The van der Waals surface area contributed by atoms with Crippen molar-refractivity contribution in [2.24, 2.45) is 35.3 Å². The number of amides is 1. The van der Waals surface area contributed by atoms with Gasteiger partial charge in [0.25, 0.3) is 0 Å². The third kappa shape index (κ3) is 4.16. The van der Waals surface area contributed by atoms with Crippen LogP contribution < -0.4 is 5.73 Å². The van der Waals surface area contributed by atoms with Crippen LogP contribution in [0.25, 0.3) is 0 Å². The quantitative estimate of drug-likeness (QED) is 0.479. The van der Waals surface area contributed by atoms with Crippen molar-refractivity contribution in [2.45, 2.75) is 76.4 Å². The number of aliphatic hydroxyl groups is 1. The van der Waals surface area contributed by atoms with E-state index in [9.17, 15) is 34.2 Å². The molecule has 1 amide bonds. The number of phenolic OH excluding ortho intramolecular Hbond substituents is 1. The van der Waals surface area contributed by atoms with E-state index in [1.807, 2.05) is 13.0 Å². The molecule has 0 saturated heterocycles. The zero-order chi connectivity index (χ0) is 28.4. The molecule has 9 heteroatoms. The number of benzene rings is 1. The Kier molecular flexibility index (Phi) is 7.04. The molecule has 6 atom stereocenters. The molecule has 0 aromatic heterocycles. The van der Waals surface area contributed by atoms with Gasteiger partial charge in [0.15, 0.2) is 34.7 Å². The number of primary amides is 1. The van der Waals surface area contributed by atoms with E-state index in [1.54, 1.807) is 14.1 Å². The van der Waals surface area contributed by atoms with E-state index in [2.05, 4.69) is 0 Å². The van der Waals surface area contributed by atoms with E-state index < -0.39 is 64.4 Å². The second-order valence-electron chi connectivity index (χ2n) is 12.4. The smallest absolute Gasteiger partial charge is 0.235 e. The normalized spacial score (nSPS) is 33.1. The van der Waals surface area contributed by atoms with Crippen molar-refractivity contribution in [1.29, 1.82) is 0 Å². The van der Waals surface area contributed by atoms with Crippen molar-refractivity contribution >= 4 is 29.0 Å². The summed E-state index contributed by atoms with van der Waals surface area (Å²) in [5.41, 5.74) is 4.97. The van der Waals surface area contributed by atoms with Gasteiger partial charge < -0.3 is 15.9 Å². The first-order valence-electron chi connectivity index (χ1n) is 14.1. The minimum Gasteiger partial charge on any atom is -0.507 e. The lowest BCUT2D eigenvalue weighted by atomic mass is 9.52. The summed E-state index contributed by atoms with van der Waals surface area (Å²) in [4.78, 5) is 68.0. The summed E-state index contributed by atoms with van der Waals surface area (Å²) >= 11 is 0. The zero-order valence-corrected chi connectivity index (χ0v) is 22.9. The van der Waals surface area contributed by atoms with Gasteiger partial charge in [-0.3, -0.25) is 28.9 Å². The van der Waals surface area contributed by atoms with Gasteiger partial charge in [-0.15, -0.1) is 0 Å². The van der Waals surface area contributed by atoms with Crippen molar-refractivity contribution in [1.82, 2.24) is 4.90 Å². The Bertz CT molecular complexity index is 1260. The maximum atomic E-state index is 13.9. The first kappa shape index (κ1) is 27.6. The minimum absolute atomic E-state index is 0.0630. The summed E-state index contributed by atoms with van der Waals surface area (Å²) in [6, 6.07) is 0.836. The third-order valence-corrected chi connectivity index (χ3v) is 9.91. The molecule has 4 N–H and O–H groups in total. The molecule has 9 nitrogen and oxygen atoms in total. The number of aromatic hydroxyl groups is 1. The number of hydrogen-bond acceptors (Lipinski definition) is 8. The van der Waals surface area contributed by atoms with Crippen LogP contribution in [0.1, 0.15) is 72.0 Å². The Morgan fingerprint density at radius 3 is 2.38 bits per heavy atom. The summed E-state index contributed by atoms with van der Waals surface area (Å²) < 4.78 is 0. The number of nitrogens with zero attached hydrogens (tertiary/aromatic N) is 1. The highest BCUT2D eigenvalue weighted by molar-refractivity contribution is 6.32. The third-order valence-electron chi connectivity index (χ3n) is 9.91. The average molecular weight is 539 g/mol. The molecule has 6 unspecified atom stereocenters. The summed E-state index contributed by atoms with van der Waals surface area (Å²) in [6.45, 7) is 1.89. The van der Waals surface area contributed by atoms with E-state index in [-0.39, 0.29) is 17.7 Å². The van der Waals surface area contributed by atoms with Gasteiger partial charge in [-0.2, -0.15) is 0 Å². The van der Waals surface area contributed by atoms with Crippen molar-refractivity contribution in [3.63, 3.8) is 0 Å². The van der Waals surface area contributed by atoms with Gasteiger partial charge in [0.05, 0.1) is 17.5 Å². The molecule has 0 radical (unpaired) electrons. The van der Waals surface area contributed by atoms with Crippen LogP contribution in [-0.2, 0) is 32.0 Å². The summed E-state index contributed by atoms with van der Waals surface area (Å²) in [6.07, 6.45) is 7.90. The fraction of sp³-hybridized carbons (Fsp3) is 0.633. The molecule has 0 bridgehead atoms. The van der Waals surface area contributed by atoms with Crippen LogP contribution in [0.5, 0.6) is 5.75 Å². The average Bonchev–Trinajstić information content (AvgIpc) is 2.87. The molecule has 4 aliphatic rings. The number of hydrogen-bond donors (Lipinski definition) is 3. The Morgan fingerprint density at radius 1 is 1.10 bits per heavy atom. The molecule has 0 aliphatic heterocycles. The fourth-order valence-corrected chi connectivity index (χ4v) is 7.95. The molecular formula is C30H38N2O7. The number of phenols is 1. The van der Waals surface area contributed by atoms with Gasteiger partial charge in [-0.1, -0.05) is 38.2 Å². The molecular weight excluding hydrogens is 500 g/mol. The molecule has 0 heterocycles. The summed E-state index contributed by atoms with van der Waals surface area (Å²) in [5.74, 6) is -9.35. The number of nitrogens with two attached hydrogens (primary N) is 1. The number of aryl methyl sites for hydroxylation is 2. The van der Waals surface area contributed by atoms with Gasteiger partial charge in [0.1, 0.15) is 5.75 Å². The number of ketones is 4. The first-order valence-corrected chi connectivity index (χ1v) is 14.1. The molecule has 39 heavy (non-hydrogen) atoms. The molecule has 3 fully saturated rings. The zero-order valence-electron chi connectivity index (χ0n) is 22.9. The minimum atomic E-state index is -2.69. The largest absolute Gasteiger partial charge is 0.507 e. The number of carbonyl (C=O) groups is 5. The van der Waals surface area contributed by atoms with Gasteiger partial charge in [-0.25, -0.2) is 0 Å². The van der Waals surface area contributed by atoms with E-state index in [0.29, 0.717) is 29.9 Å². The highest BCUT2D eigenvalue weighted by atomic mass is 16.3. The Hall–Kier alpha value is -2.91. The Balaban J connectivity index is 1.53. The summed E-state index contributed by atoms with van der Waals surface area (Å²) in [7, 11) is 3.15. The number of rotatable bonds is 5. The topological polar surface area (TPSA) is 155 Å². The maximum Gasteiger partial charge on any atom is 0.235 e. The Morgan fingerprint density at radius 2 is 1.77 bits per heavy atom. The lowest BCUT2D eigenvalue weighted by molar-refractivity contribution is -0.181. The lowest BCUT2D eigenvalue weighted by Gasteiger charge is -2.52. The molecule has 1 aromatic rings. The SMILES string of the molecule is Cc1cc(CCC2CCCCC2)c(O)c2c1CC1CC3C(N(C)C)C(=O)C(C(N)=O)C(=O)C3(O)C(=O)C1C2=O. The predicted octanol–water partition coefficient (Wildman–Crippen LogP) is 1.69. The molecule has 1 aromatic carbocycles. The molecule has 4 aliphatic carbocycles. The monoisotopic (exact) mass is 538 g/mol. The number of fused-ring (bicyclic) bond motifs is 3. The van der Waals surface area contributed by atoms with E-state index >= 15 is 0 Å². The molecule has 210 valence electrons. The molecule has 0 spiro atoms. The van der Waals surface area contributed by atoms with Crippen LogP contribution in [0.2, 0.25) is 0 Å². The van der Waals surface area contributed by atoms with Crippen molar-refractivity contribution in [3.05, 3.63) is 28.3 Å². The second-order valence-corrected chi connectivity index (χ2v) is 12.4. The number of Topliss-reactive ketones (excluding diaryl/α,β-unsaturated/α-hetero) is 4.